The Morgan fingerprint density at radius 1 is 0.835 bits per heavy atom. The van der Waals surface area contributed by atoms with Crippen LogP contribution in [0.4, 0.5) is 10.5 Å². The third-order valence-corrected chi connectivity index (χ3v) is 19.0. The van der Waals surface area contributed by atoms with E-state index in [1.807, 2.05) is 77.2 Å². The van der Waals surface area contributed by atoms with Crippen LogP contribution in [0.5, 0.6) is 0 Å². The number of rotatable bonds is 35. The largest absolute Gasteiger partial charge is 0.481 e. The number of nitrogens with one attached hydrogen (secondary N) is 6. The topological polar surface area (TPSA) is 335 Å². The Bertz CT molecular complexity index is 3060. The first-order valence-electron chi connectivity index (χ1n) is 31.9. The monoisotopic (exact) mass is 1280 g/mol. The number of anilines is 1. The fourth-order valence-corrected chi connectivity index (χ4v) is 13.1. The molecule has 1 aliphatic carbocycles. The van der Waals surface area contributed by atoms with Gasteiger partial charge >= 0.3 is 18.0 Å². The second-order valence-electron chi connectivity index (χ2n) is 25.3. The highest BCUT2D eigenvalue weighted by atomic mass is 32.1. The van der Waals surface area contributed by atoms with Crippen LogP contribution in [0.15, 0.2) is 72.1 Å². The van der Waals surface area contributed by atoms with Crippen molar-refractivity contribution in [1.82, 2.24) is 41.4 Å². The van der Waals surface area contributed by atoms with Crippen LogP contribution < -0.4 is 37.6 Å². The van der Waals surface area contributed by atoms with Gasteiger partial charge in [0.25, 0.3) is 23.6 Å². The minimum absolute atomic E-state index is 0.0771. The van der Waals surface area contributed by atoms with Gasteiger partial charge in [0.05, 0.1) is 19.5 Å². The Hall–Kier alpha value is -8.06. The molecule has 9 atom stereocenters. The average Bonchev–Trinajstić information content (AvgIpc) is 1.30. The first kappa shape index (κ1) is 72.0. The van der Waals surface area contributed by atoms with Crippen molar-refractivity contribution in [3.63, 3.8) is 0 Å². The number of carbonyl (C=O) groups is 11. The zero-order valence-corrected chi connectivity index (χ0v) is 54.7. The van der Waals surface area contributed by atoms with E-state index in [-0.39, 0.29) is 86.5 Å². The highest BCUT2D eigenvalue weighted by Crippen LogP contribution is 2.42. The van der Waals surface area contributed by atoms with E-state index in [9.17, 15) is 57.8 Å². The van der Waals surface area contributed by atoms with Crippen LogP contribution in [0.25, 0.3) is 0 Å². The van der Waals surface area contributed by atoms with E-state index in [1.165, 1.54) is 24.0 Å². The van der Waals surface area contributed by atoms with Gasteiger partial charge in [-0.25, -0.2) is 9.78 Å². The maximum absolute atomic E-state index is 14.9. The predicted molar refractivity (Wildman–Crippen MR) is 342 cm³/mol. The lowest BCUT2D eigenvalue weighted by atomic mass is 9.67. The molecule has 9 N–H and O–H groups in total. The number of quaternary nitrogens is 1. The Morgan fingerprint density at radius 3 is 2.13 bits per heavy atom. The molecule has 496 valence electrons. The predicted octanol–water partition coefficient (Wildman–Crippen LogP) is 6.06. The van der Waals surface area contributed by atoms with Crippen LogP contribution in [0.2, 0.25) is 0 Å². The summed E-state index contributed by atoms with van der Waals surface area (Å²) in [4.78, 5) is 152. The molecule has 0 bridgehead atoms. The quantitative estimate of drug-likeness (QED) is 0.0109. The van der Waals surface area contributed by atoms with E-state index in [0.717, 1.165) is 35.3 Å². The second-order valence-corrected chi connectivity index (χ2v) is 26.2. The van der Waals surface area contributed by atoms with Gasteiger partial charge in [0, 0.05) is 87.3 Å². The van der Waals surface area contributed by atoms with Gasteiger partial charge in [0.2, 0.25) is 23.6 Å². The van der Waals surface area contributed by atoms with E-state index in [1.54, 1.807) is 36.4 Å². The Kier molecular flexibility index (Phi) is 26.8. The number of aromatic nitrogens is 1. The standard InChI is InChI=1S/C66H93N11O13S/c1-9-42(4)56(61(84)75(7)51(41(2)3)38-53(90-44(6)78)60-72-50(40-91-60)58(82)71-48(36-43(5)62(85)86)37-45-20-12-10-13-21-45)74-59(83)52-23-14-17-35-77(52,8)39-46-24-26-47(27-25-46)70-57(81)49(22-18-33-69-65(67)89)73-64(88)66(30-19-31-66)63(87)68-32-15-11-16-34-76-54(79)28-29-55(76)80/h10,12-13,20-21,24-29,40-43,48-49,51-53,56H,9,11,14-19,22-23,30-39H2,1-8H3,(H8-,67,68,69,70,71,73,74,81,82,83,85,86,87,88,89)/p+1/t42-,43-,48+,49-,51+,52+,53+,56-,77?/m0/s1. The van der Waals surface area contributed by atoms with Crippen molar-refractivity contribution in [3.05, 3.63) is 94.0 Å². The number of urea groups is 1. The van der Waals surface area contributed by atoms with Crippen LogP contribution >= 0.6 is 11.3 Å². The van der Waals surface area contributed by atoms with Gasteiger partial charge in [-0.1, -0.05) is 89.9 Å². The van der Waals surface area contributed by atoms with Crippen LogP contribution in [-0.4, -0.2) is 160 Å². The van der Waals surface area contributed by atoms with Gasteiger partial charge in [-0.3, -0.25) is 52.8 Å². The molecule has 3 aliphatic rings. The van der Waals surface area contributed by atoms with Crippen molar-refractivity contribution in [2.45, 2.75) is 181 Å². The summed E-state index contributed by atoms with van der Waals surface area (Å²) in [6, 6.07) is 12.4. The van der Waals surface area contributed by atoms with Gasteiger partial charge in [-0.2, -0.15) is 0 Å². The molecule has 10 amide bonds. The number of likely N-dealkylation sites (tertiary alicyclic amines) is 1. The second kappa shape index (κ2) is 33.8. The number of carboxylic acid groups (broad SMARTS) is 1. The number of likely N-dealkylation sites (N-methyl/N-ethyl adjacent to an activating group) is 2. The molecule has 1 saturated heterocycles. The molecule has 24 nitrogen and oxygen atoms in total. The number of piperidine rings is 1. The molecule has 1 unspecified atom stereocenters. The minimum Gasteiger partial charge on any atom is -0.481 e. The summed E-state index contributed by atoms with van der Waals surface area (Å²) >= 11 is 1.14. The van der Waals surface area contributed by atoms with Crippen LogP contribution in [0.1, 0.15) is 164 Å². The van der Waals surface area contributed by atoms with Crippen molar-refractivity contribution in [1.29, 1.82) is 0 Å². The summed E-state index contributed by atoms with van der Waals surface area (Å²) in [5.41, 5.74) is 6.24. The number of hydrogen-bond donors (Lipinski definition) is 8. The minimum atomic E-state index is -1.37. The maximum Gasteiger partial charge on any atom is 0.312 e. The Balaban J connectivity index is 1.09. The molecule has 0 radical (unpaired) electrons. The first-order valence-corrected chi connectivity index (χ1v) is 32.8. The van der Waals surface area contributed by atoms with Crippen LogP contribution in [-0.2, 0) is 60.9 Å². The summed E-state index contributed by atoms with van der Waals surface area (Å²) < 4.78 is 6.22. The number of benzene rings is 2. The summed E-state index contributed by atoms with van der Waals surface area (Å²) in [5.74, 6) is -6.05. The lowest BCUT2D eigenvalue weighted by Crippen LogP contribution is -2.63. The van der Waals surface area contributed by atoms with E-state index in [4.69, 9.17) is 10.5 Å². The Labute approximate surface area is 537 Å². The number of imide groups is 1. The molecule has 2 fully saturated rings. The molecule has 2 aliphatic heterocycles. The normalized spacial score (nSPS) is 19.1. The lowest BCUT2D eigenvalue weighted by molar-refractivity contribution is -0.942. The van der Waals surface area contributed by atoms with Crippen molar-refractivity contribution in [3.8, 4) is 0 Å². The molecule has 25 heteroatoms. The number of esters is 1. The van der Waals surface area contributed by atoms with Crippen molar-refractivity contribution in [2.75, 3.05) is 45.6 Å². The van der Waals surface area contributed by atoms with Gasteiger partial charge in [-0.05, 0) is 100 Å². The van der Waals surface area contributed by atoms with E-state index >= 15 is 0 Å². The van der Waals surface area contributed by atoms with Crippen LogP contribution in [0, 0.1) is 23.2 Å². The van der Waals surface area contributed by atoms with E-state index < -0.39 is 89.2 Å². The van der Waals surface area contributed by atoms with Crippen molar-refractivity contribution >= 4 is 82.3 Å². The third kappa shape index (κ3) is 20.2. The molecular formula is C66H94N11O13S+. The number of unbranched alkanes of at least 4 members (excludes halogenated alkanes) is 2. The van der Waals surface area contributed by atoms with Gasteiger partial charge < -0.3 is 56.9 Å². The number of hydrogen-bond acceptors (Lipinski definition) is 14. The van der Waals surface area contributed by atoms with E-state index in [2.05, 4.69) is 36.9 Å². The summed E-state index contributed by atoms with van der Waals surface area (Å²) in [5, 5.41) is 28.9. The molecule has 3 heterocycles. The fourth-order valence-electron chi connectivity index (χ4n) is 12.2. The number of ether oxygens (including phenoxy) is 1. The zero-order chi connectivity index (χ0) is 66.6. The van der Waals surface area contributed by atoms with Gasteiger partial charge in [0.15, 0.2) is 12.1 Å². The lowest BCUT2D eigenvalue weighted by Gasteiger charge is -2.44. The first-order chi connectivity index (χ1) is 43.2. The summed E-state index contributed by atoms with van der Waals surface area (Å²) in [6.45, 7) is 12.5. The zero-order valence-electron chi connectivity index (χ0n) is 53.9. The van der Waals surface area contributed by atoms with E-state index in [0.29, 0.717) is 86.1 Å². The number of amides is 10. The number of thiazole rings is 1. The molecule has 1 aromatic heterocycles. The summed E-state index contributed by atoms with van der Waals surface area (Å²) in [6.07, 6.45) is 8.45. The molecule has 2 aromatic carbocycles. The number of carboxylic acids is 1. The smallest absolute Gasteiger partial charge is 0.312 e. The highest BCUT2D eigenvalue weighted by molar-refractivity contribution is 7.09. The number of carbonyl (C=O) groups excluding carboxylic acids is 10. The van der Waals surface area contributed by atoms with Crippen molar-refractivity contribution in [2.24, 2.45) is 28.9 Å². The fraction of sp³-hybridized carbons (Fsp3) is 0.576. The maximum atomic E-state index is 14.9. The SMILES string of the molecule is CC[C@H](C)[C@H](NC(=O)[C@H]1CCCC[N+]1(C)Cc1ccc(NC(=O)[C@H](CCCNC(N)=O)NC(=O)C2(C(=O)NCCCCCN3C(=O)C=CC3=O)CCC2)cc1)C(=O)N(C)[C@H](C[C@@H](OC(C)=O)c1nc(C(=O)N[C@@H](Cc2ccccc2)C[C@H](C)C(=O)O)cs1)C(C)C. The van der Waals surface area contributed by atoms with Gasteiger partial charge in [0.1, 0.15) is 34.7 Å². The van der Waals surface area contributed by atoms with Gasteiger partial charge in [-0.15, -0.1) is 11.3 Å². The summed E-state index contributed by atoms with van der Waals surface area (Å²) in [7, 11) is 3.72. The third-order valence-electron chi connectivity index (χ3n) is 18.0. The molecule has 6 rings (SSSR count). The molecule has 1 saturated carbocycles. The Morgan fingerprint density at radius 2 is 1.52 bits per heavy atom. The van der Waals surface area contributed by atoms with Crippen molar-refractivity contribution < 1.29 is 67.1 Å². The molecule has 0 spiro atoms. The number of nitrogens with zero attached hydrogens (tertiary/aromatic N) is 4. The molecular weight excluding hydrogens is 1190 g/mol. The van der Waals surface area contributed by atoms with Crippen LogP contribution in [0.3, 0.4) is 0 Å². The molecule has 3 aromatic rings. The molecule has 91 heavy (non-hydrogen) atoms. The highest BCUT2D eigenvalue weighted by Gasteiger charge is 2.51. The number of primary amides is 1. The average molecular weight is 1280 g/mol. The number of aliphatic carboxylic acids is 1. The number of nitrogens with two attached hydrogens (primary N) is 1.